The number of nitrogens with one attached hydrogen (secondary N) is 2. The van der Waals surface area contributed by atoms with Gasteiger partial charge in [-0.3, -0.25) is 9.59 Å². The Hall–Kier alpha value is -2.86. The van der Waals surface area contributed by atoms with Crippen molar-refractivity contribution in [1.29, 1.82) is 0 Å². The summed E-state index contributed by atoms with van der Waals surface area (Å²) in [5.74, 6) is -0.282. The quantitative estimate of drug-likeness (QED) is 0.823. The van der Waals surface area contributed by atoms with Crippen LogP contribution in [0.3, 0.4) is 0 Å². The molecule has 1 fully saturated rings. The first kappa shape index (κ1) is 18.9. The molecule has 6 heteroatoms. The Labute approximate surface area is 160 Å². The molecule has 0 radical (unpaired) electrons. The van der Waals surface area contributed by atoms with E-state index in [-0.39, 0.29) is 18.2 Å². The van der Waals surface area contributed by atoms with Gasteiger partial charge in [-0.05, 0) is 43.4 Å². The third-order valence-electron chi connectivity index (χ3n) is 4.69. The van der Waals surface area contributed by atoms with Gasteiger partial charge in [-0.25, -0.2) is 0 Å². The molecule has 2 amide bonds. The molecule has 0 spiro atoms. The smallest absolute Gasteiger partial charge is 0.251 e. The van der Waals surface area contributed by atoms with Gasteiger partial charge in [0, 0.05) is 56.1 Å². The van der Waals surface area contributed by atoms with Crippen molar-refractivity contribution in [2.45, 2.75) is 6.42 Å². The predicted molar refractivity (Wildman–Crippen MR) is 108 cm³/mol. The lowest BCUT2D eigenvalue weighted by atomic mass is 10.2. The largest absolute Gasteiger partial charge is 0.369 e. The van der Waals surface area contributed by atoms with Crippen molar-refractivity contribution in [2.24, 2.45) is 0 Å². The second kappa shape index (κ2) is 9.19. The van der Waals surface area contributed by atoms with Crippen molar-refractivity contribution in [3.8, 4) is 0 Å². The standard InChI is InChI=1S/C21H26N4O2/c1-24-13-15-25(16-14-24)19-9-7-18(8-10-19)23-20(26)11-12-22-21(27)17-5-3-2-4-6-17/h2-10H,11-16H2,1H3,(H,22,27)(H,23,26). The Bertz CT molecular complexity index is 754. The molecule has 6 nitrogen and oxygen atoms in total. The summed E-state index contributed by atoms with van der Waals surface area (Å²) in [4.78, 5) is 28.7. The monoisotopic (exact) mass is 366 g/mol. The molecule has 2 aromatic carbocycles. The molecule has 27 heavy (non-hydrogen) atoms. The van der Waals surface area contributed by atoms with E-state index in [1.165, 1.54) is 5.69 Å². The highest BCUT2D eigenvalue weighted by molar-refractivity contribution is 5.95. The topological polar surface area (TPSA) is 64.7 Å². The van der Waals surface area contributed by atoms with E-state index < -0.39 is 0 Å². The minimum absolute atomic E-state index is 0.115. The minimum Gasteiger partial charge on any atom is -0.369 e. The number of carbonyl (C=O) groups excluding carboxylic acids is 2. The van der Waals surface area contributed by atoms with Crippen molar-refractivity contribution in [1.82, 2.24) is 10.2 Å². The van der Waals surface area contributed by atoms with Gasteiger partial charge in [0.1, 0.15) is 0 Å². The van der Waals surface area contributed by atoms with E-state index in [1.54, 1.807) is 12.1 Å². The number of hydrogen-bond acceptors (Lipinski definition) is 4. The molecule has 0 aromatic heterocycles. The SMILES string of the molecule is CN1CCN(c2ccc(NC(=O)CCNC(=O)c3ccccc3)cc2)CC1. The third-order valence-corrected chi connectivity index (χ3v) is 4.69. The molecule has 0 bridgehead atoms. The molecule has 1 aliphatic heterocycles. The van der Waals surface area contributed by atoms with Crippen molar-refractivity contribution in [3.05, 3.63) is 60.2 Å². The van der Waals surface area contributed by atoms with Gasteiger partial charge in [0.25, 0.3) is 5.91 Å². The Morgan fingerprint density at radius 1 is 0.926 bits per heavy atom. The summed E-state index contributed by atoms with van der Waals surface area (Å²) in [6, 6.07) is 16.9. The second-order valence-corrected chi connectivity index (χ2v) is 6.76. The van der Waals surface area contributed by atoms with Crippen molar-refractivity contribution in [3.63, 3.8) is 0 Å². The summed E-state index contributed by atoms with van der Waals surface area (Å²) < 4.78 is 0. The van der Waals surface area contributed by atoms with Crippen LogP contribution in [-0.4, -0.2) is 56.5 Å². The number of anilines is 2. The van der Waals surface area contributed by atoms with Crippen LogP contribution in [0.4, 0.5) is 11.4 Å². The van der Waals surface area contributed by atoms with Crippen LogP contribution in [0.1, 0.15) is 16.8 Å². The van der Waals surface area contributed by atoms with Crippen LogP contribution in [0.25, 0.3) is 0 Å². The van der Waals surface area contributed by atoms with Crippen LogP contribution in [-0.2, 0) is 4.79 Å². The highest BCUT2D eigenvalue weighted by atomic mass is 16.2. The van der Waals surface area contributed by atoms with Gasteiger partial charge in [-0.1, -0.05) is 18.2 Å². The Balaban J connectivity index is 1.42. The number of likely N-dealkylation sites (N-methyl/N-ethyl adjacent to an activating group) is 1. The van der Waals surface area contributed by atoms with Crippen LogP contribution in [0.2, 0.25) is 0 Å². The number of carbonyl (C=O) groups is 2. The molecule has 1 saturated heterocycles. The first-order valence-electron chi connectivity index (χ1n) is 9.28. The molecule has 142 valence electrons. The van der Waals surface area contributed by atoms with E-state index in [9.17, 15) is 9.59 Å². The zero-order valence-corrected chi connectivity index (χ0v) is 15.6. The zero-order valence-electron chi connectivity index (χ0n) is 15.6. The molecule has 2 N–H and O–H groups in total. The number of amides is 2. The van der Waals surface area contributed by atoms with Crippen molar-refractivity contribution in [2.75, 3.05) is 50.0 Å². The fourth-order valence-electron chi connectivity index (χ4n) is 3.02. The molecule has 1 heterocycles. The van der Waals surface area contributed by atoms with E-state index in [0.29, 0.717) is 12.1 Å². The molecule has 0 saturated carbocycles. The molecule has 1 aliphatic rings. The summed E-state index contributed by atoms with van der Waals surface area (Å²) >= 11 is 0. The minimum atomic E-state index is -0.167. The molecular formula is C21H26N4O2. The van der Waals surface area contributed by atoms with E-state index in [4.69, 9.17) is 0 Å². The Morgan fingerprint density at radius 2 is 1.59 bits per heavy atom. The van der Waals surface area contributed by atoms with Gasteiger partial charge in [-0.15, -0.1) is 0 Å². The lowest BCUT2D eigenvalue weighted by Gasteiger charge is -2.34. The number of piperazine rings is 1. The highest BCUT2D eigenvalue weighted by Gasteiger charge is 2.14. The summed E-state index contributed by atoms with van der Waals surface area (Å²) in [6.45, 7) is 4.46. The first-order chi connectivity index (χ1) is 13.1. The van der Waals surface area contributed by atoms with Gasteiger partial charge in [-0.2, -0.15) is 0 Å². The fraction of sp³-hybridized carbons (Fsp3) is 0.333. The van der Waals surface area contributed by atoms with E-state index >= 15 is 0 Å². The maximum absolute atomic E-state index is 12.1. The number of benzene rings is 2. The van der Waals surface area contributed by atoms with E-state index in [0.717, 1.165) is 31.9 Å². The Morgan fingerprint density at radius 3 is 2.26 bits per heavy atom. The molecule has 2 aromatic rings. The van der Waals surface area contributed by atoms with Crippen LogP contribution >= 0.6 is 0 Å². The number of nitrogens with zero attached hydrogens (tertiary/aromatic N) is 2. The maximum Gasteiger partial charge on any atom is 0.251 e. The maximum atomic E-state index is 12.1. The highest BCUT2D eigenvalue weighted by Crippen LogP contribution is 2.19. The summed E-state index contributed by atoms with van der Waals surface area (Å²) in [7, 11) is 2.14. The van der Waals surface area contributed by atoms with Gasteiger partial charge >= 0.3 is 0 Å². The second-order valence-electron chi connectivity index (χ2n) is 6.76. The van der Waals surface area contributed by atoms with E-state index in [1.807, 2.05) is 42.5 Å². The number of hydrogen-bond donors (Lipinski definition) is 2. The Kier molecular flexibility index (Phi) is 6.44. The van der Waals surface area contributed by atoms with Crippen molar-refractivity contribution >= 4 is 23.2 Å². The van der Waals surface area contributed by atoms with Crippen LogP contribution in [0, 0.1) is 0 Å². The molecular weight excluding hydrogens is 340 g/mol. The lowest BCUT2D eigenvalue weighted by molar-refractivity contribution is -0.116. The summed E-state index contributed by atoms with van der Waals surface area (Å²) in [5.41, 5.74) is 2.54. The molecule has 0 aliphatic carbocycles. The molecule has 3 rings (SSSR count). The number of rotatable bonds is 6. The summed E-state index contributed by atoms with van der Waals surface area (Å²) in [6.07, 6.45) is 0.235. The third kappa shape index (κ3) is 5.56. The first-order valence-corrected chi connectivity index (χ1v) is 9.28. The average molecular weight is 366 g/mol. The van der Waals surface area contributed by atoms with Gasteiger partial charge in [0.05, 0.1) is 0 Å². The molecule has 0 atom stereocenters. The zero-order chi connectivity index (χ0) is 19.1. The summed E-state index contributed by atoms with van der Waals surface area (Å²) in [5, 5.41) is 5.64. The van der Waals surface area contributed by atoms with Crippen LogP contribution in [0.5, 0.6) is 0 Å². The van der Waals surface area contributed by atoms with Crippen LogP contribution in [0.15, 0.2) is 54.6 Å². The van der Waals surface area contributed by atoms with E-state index in [2.05, 4.69) is 27.5 Å². The lowest BCUT2D eigenvalue weighted by Crippen LogP contribution is -2.44. The van der Waals surface area contributed by atoms with Gasteiger partial charge in [0.2, 0.25) is 5.91 Å². The van der Waals surface area contributed by atoms with Gasteiger partial charge in [0.15, 0.2) is 0 Å². The predicted octanol–water partition coefficient (Wildman–Crippen LogP) is 2.20. The van der Waals surface area contributed by atoms with Crippen LogP contribution < -0.4 is 15.5 Å². The van der Waals surface area contributed by atoms with Gasteiger partial charge < -0.3 is 20.4 Å². The normalized spacial score (nSPS) is 14.6. The average Bonchev–Trinajstić information content (AvgIpc) is 2.70. The molecule has 0 unspecified atom stereocenters. The fourth-order valence-corrected chi connectivity index (χ4v) is 3.02. The van der Waals surface area contributed by atoms with Crippen molar-refractivity contribution < 1.29 is 9.59 Å².